The highest BCUT2D eigenvalue weighted by Crippen LogP contribution is 2.20. The van der Waals surface area contributed by atoms with Gasteiger partial charge >= 0.3 is 0 Å². The average Bonchev–Trinajstić information content (AvgIpc) is 2.97. The lowest BCUT2D eigenvalue weighted by Crippen LogP contribution is -2.10. The third kappa shape index (κ3) is 2.25. The number of nitrogens with zero attached hydrogens (tertiary/aromatic N) is 4. The minimum Gasteiger partial charge on any atom is -0.382 e. The van der Waals surface area contributed by atoms with Gasteiger partial charge in [0.15, 0.2) is 0 Å². The van der Waals surface area contributed by atoms with Crippen molar-refractivity contribution in [1.29, 1.82) is 0 Å². The van der Waals surface area contributed by atoms with Gasteiger partial charge in [0, 0.05) is 25.0 Å². The van der Waals surface area contributed by atoms with Crippen molar-refractivity contribution in [3.05, 3.63) is 30.0 Å². The Hall–Kier alpha value is -1.78. The van der Waals surface area contributed by atoms with E-state index in [2.05, 4.69) is 14.6 Å². The number of nitrogen functional groups attached to an aromatic ring is 1. The van der Waals surface area contributed by atoms with Gasteiger partial charge in [0.25, 0.3) is 0 Å². The fraction of sp³-hybridized carbons (Fsp3) is 0.538. The lowest BCUT2D eigenvalue weighted by Gasteiger charge is -2.13. The zero-order chi connectivity index (χ0) is 12.4. The van der Waals surface area contributed by atoms with Crippen molar-refractivity contribution in [3.8, 4) is 0 Å². The van der Waals surface area contributed by atoms with Crippen molar-refractivity contribution in [2.75, 3.05) is 5.73 Å². The summed E-state index contributed by atoms with van der Waals surface area (Å²) in [6.45, 7) is 1.92. The van der Waals surface area contributed by atoms with E-state index in [4.69, 9.17) is 5.73 Å². The van der Waals surface area contributed by atoms with Gasteiger partial charge in [0.1, 0.15) is 5.82 Å². The van der Waals surface area contributed by atoms with Gasteiger partial charge in [-0.25, -0.2) is 4.98 Å². The quantitative estimate of drug-likeness (QED) is 0.890. The van der Waals surface area contributed by atoms with Gasteiger partial charge in [0.2, 0.25) is 0 Å². The maximum Gasteiger partial charge on any atom is 0.145 e. The highest BCUT2D eigenvalue weighted by Gasteiger charge is 2.14. The molecule has 2 aromatic rings. The Morgan fingerprint density at radius 1 is 1.22 bits per heavy atom. The fourth-order valence-electron chi connectivity index (χ4n) is 2.63. The molecule has 0 saturated carbocycles. The van der Waals surface area contributed by atoms with E-state index in [1.165, 1.54) is 30.7 Å². The molecule has 0 aromatic carbocycles. The molecule has 3 rings (SSSR count). The van der Waals surface area contributed by atoms with E-state index in [0.717, 1.165) is 25.9 Å². The second kappa shape index (κ2) is 4.84. The van der Waals surface area contributed by atoms with E-state index in [-0.39, 0.29) is 0 Å². The number of anilines is 1. The summed E-state index contributed by atoms with van der Waals surface area (Å²) >= 11 is 0. The van der Waals surface area contributed by atoms with Crippen LogP contribution in [0.3, 0.4) is 0 Å². The van der Waals surface area contributed by atoms with E-state index in [0.29, 0.717) is 5.82 Å². The summed E-state index contributed by atoms with van der Waals surface area (Å²) < 4.78 is 4.21. The smallest absolute Gasteiger partial charge is 0.145 e. The van der Waals surface area contributed by atoms with Crippen molar-refractivity contribution in [1.82, 2.24) is 19.3 Å². The number of hydrogen-bond donors (Lipinski definition) is 1. The summed E-state index contributed by atoms with van der Waals surface area (Å²) in [6.07, 6.45) is 9.91. The number of hydrogen-bond acceptors (Lipinski definition) is 3. The molecule has 0 unspecified atom stereocenters. The molecule has 18 heavy (non-hydrogen) atoms. The number of rotatable bonds is 4. The summed E-state index contributed by atoms with van der Waals surface area (Å²) in [6, 6.07) is 1.83. The number of aryl methyl sites for hydroxylation is 3. The van der Waals surface area contributed by atoms with Crippen LogP contribution in [-0.4, -0.2) is 19.3 Å². The van der Waals surface area contributed by atoms with E-state index in [1.807, 2.05) is 23.3 Å². The Bertz CT molecular complexity index is 525. The van der Waals surface area contributed by atoms with Gasteiger partial charge in [-0.05, 0) is 38.2 Å². The van der Waals surface area contributed by atoms with Crippen molar-refractivity contribution in [2.24, 2.45) is 0 Å². The van der Waals surface area contributed by atoms with Gasteiger partial charge in [0.05, 0.1) is 12.0 Å². The van der Waals surface area contributed by atoms with Crippen molar-refractivity contribution in [2.45, 2.75) is 45.2 Å². The van der Waals surface area contributed by atoms with Crippen LogP contribution in [0.2, 0.25) is 0 Å². The summed E-state index contributed by atoms with van der Waals surface area (Å²) in [5, 5.41) is 4.19. The number of nitrogens with two attached hydrogens (primary N) is 1. The van der Waals surface area contributed by atoms with Gasteiger partial charge in [-0.2, -0.15) is 5.10 Å². The number of fused-ring (bicyclic) bond motifs is 1. The summed E-state index contributed by atoms with van der Waals surface area (Å²) in [4.78, 5) is 4.51. The van der Waals surface area contributed by atoms with Crippen molar-refractivity contribution >= 4 is 5.82 Å². The first-order valence-corrected chi connectivity index (χ1v) is 6.65. The first-order chi connectivity index (χ1) is 8.83. The monoisotopic (exact) mass is 245 g/mol. The molecule has 1 aliphatic carbocycles. The summed E-state index contributed by atoms with van der Waals surface area (Å²) in [7, 11) is 0. The molecule has 0 atom stereocenters. The molecule has 96 valence electrons. The minimum atomic E-state index is 0.593. The molecule has 0 amide bonds. The second-order valence-corrected chi connectivity index (χ2v) is 4.90. The maximum absolute atomic E-state index is 5.59. The molecule has 5 nitrogen and oxygen atoms in total. The van der Waals surface area contributed by atoms with Crippen LogP contribution in [0.4, 0.5) is 5.82 Å². The van der Waals surface area contributed by atoms with E-state index >= 15 is 0 Å². The van der Waals surface area contributed by atoms with Crippen LogP contribution in [0.1, 0.15) is 30.7 Å². The first kappa shape index (κ1) is 11.3. The van der Waals surface area contributed by atoms with Crippen LogP contribution in [-0.2, 0) is 25.9 Å². The van der Waals surface area contributed by atoms with Crippen LogP contribution in [0, 0.1) is 0 Å². The van der Waals surface area contributed by atoms with Crippen LogP contribution in [0.5, 0.6) is 0 Å². The molecule has 0 spiro atoms. The molecular weight excluding hydrogens is 226 g/mol. The summed E-state index contributed by atoms with van der Waals surface area (Å²) in [5.74, 6) is 0.593. The number of imidazole rings is 1. The van der Waals surface area contributed by atoms with E-state index < -0.39 is 0 Å². The minimum absolute atomic E-state index is 0.593. The Morgan fingerprint density at radius 2 is 2.11 bits per heavy atom. The van der Waals surface area contributed by atoms with Crippen molar-refractivity contribution in [3.63, 3.8) is 0 Å². The second-order valence-electron chi connectivity index (χ2n) is 4.90. The zero-order valence-corrected chi connectivity index (χ0v) is 10.5. The number of aromatic nitrogens is 4. The van der Waals surface area contributed by atoms with Crippen LogP contribution in [0.15, 0.2) is 18.6 Å². The van der Waals surface area contributed by atoms with Gasteiger partial charge in [-0.1, -0.05) is 0 Å². The standard InChI is InChI=1S/C13H19N5/c14-13-6-9-18(16-13)8-3-7-17-10-15-11-4-1-2-5-12(11)17/h6,9-10H,1-5,7-8H2,(H2,14,16). The van der Waals surface area contributed by atoms with Crippen molar-refractivity contribution < 1.29 is 0 Å². The van der Waals surface area contributed by atoms with Crippen LogP contribution in [0.25, 0.3) is 0 Å². The molecule has 0 saturated heterocycles. The van der Waals surface area contributed by atoms with Crippen LogP contribution >= 0.6 is 0 Å². The Labute approximate surface area is 107 Å². The molecule has 0 bridgehead atoms. The molecular formula is C13H19N5. The van der Waals surface area contributed by atoms with Gasteiger partial charge in [-0.15, -0.1) is 0 Å². The zero-order valence-electron chi connectivity index (χ0n) is 10.5. The molecule has 2 heterocycles. The van der Waals surface area contributed by atoms with E-state index in [1.54, 1.807) is 0 Å². The Kier molecular flexibility index (Phi) is 3.04. The predicted molar refractivity (Wildman–Crippen MR) is 70.1 cm³/mol. The Balaban J connectivity index is 1.58. The Morgan fingerprint density at radius 3 is 2.94 bits per heavy atom. The SMILES string of the molecule is Nc1ccn(CCCn2cnc3c2CCCC3)n1. The largest absolute Gasteiger partial charge is 0.382 e. The molecule has 1 aliphatic rings. The molecule has 0 fully saturated rings. The highest BCUT2D eigenvalue weighted by atomic mass is 15.3. The first-order valence-electron chi connectivity index (χ1n) is 6.65. The van der Waals surface area contributed by atoms with Gasteiger partial charge < -0.3 is 10.3 Å². The molecule has 2 aromatic heterocycles. The van der Waals surface area contributed by atoms with Gasteiger partial charge in [-0.3, -0.25) is 4.68 Å². The fourth-order valence-corrected chi connectivity index (χ4v) is 2.63. The predicted octanol–water partition coefficient (Wildman–Crippen LogP) is 1.63. The normalized spacial score (nSPS) is 14.7. The average molecular weight is 245 g/mol. The third-order valence-electron chi connectivity index (χ3n) is 3.56. The molecule has 0 aliphatic heterocycles. The lowest BCUT2D eigenvalue weighted by atomic mass is 10.0. The van der Waals surface area contributed by atoms with Crippen LogP contribution < -0.4 is 5.73 Å². The van der Waals surface area contributed by atoms with E-state index in [9.17, 15) is 0 Å². The maximum atomic E-state index is 5.59. The molecule has 2 N–H and O–H groups in total. The topological polar surface area (TPSA) is 61.7 Å². The highest BCUT2D eigenvalue weighted by molar-refractivity contribution is 5.23. The third-order valence-corrected chi connectivity index (χ3v) is 3.56. The summed E-state index contributed by atoms with van der Waals surface area (Å²) in [5.41, 5.74) is 8.34. The molecule has 5 heteroatoms. The molecule has 0 radical (unpaired) electrons. The lowest BCUT2D eigenvalue weighted by molar-refractivity contribution is 0.512.